The molecule has 0 aliphatic rings. The van der Waals surface area contributed by atoms with Gasteiger partial charge in [-0.1, -0.05) is 83.9 Å². The van der Waals surface area contributed by atoms with Gasteiger partial charge < -0.3 is 13.9 Å². The summed E-state index contributed by atoms with van der Waals surface area (Å²) in [6.07, 6.45) is 8.63. The highest BCUT2D eigenvalue weighted by Crippen LogP contribution is 2.40. The molecule has 0 fully saturated rings. The number of hydrogen-bond acceptors (Lipinski definition) is 3. The van der Waals surface area contributed by atoms with Crippen molar-refractivity contribution in [2.75, 3.05) is 6.61 Å². The smallest absolute Gasteiger partial charge is 0.394 e. The summed E-state index contributed by atoms with van der Waals surface area (Å²) in [5.41, 5.74) is 2.26. The second-order valence-electron chi connectivity index (χ2n) is 7.53. The number of benzene rings is 1. The van der Waals surface area contributed by atoms with E-state index < -0.39 is 8.60 Å². The van der Waals surface area contributed by atoms with Gasteiger partial charge >= 0.3 is 8.60 Å². The fraction of sp³-hybridized carbons (Fsp3) is 0.700. The molecular formula is C20H35O3P. The molecule has 1 unspecified atom stereocenters. The van der Waals surface area contributed by atoms with Gasteiger partial charge in [0.1, 0.15) is 5.75 Å². The van der Waals surface area contributed by atoms with Crippen LogP contribution < -0.4 is 4.52 Å². The zero-order valence-electron chi connectivity index (χ0n) is 16.1. The predicted octanol–water partition coefficient (Wildman–Crippen LogP) is 6.66. The molecule has 138 valence electrons. The van der Waals surface area contributed by atoms with Crippen molar-refractivity contribution in [1.29, 1.82) is 0 Å². The highest BCUT2D eigenvalue weighted by molar-refractivity contribution is 7.41. The zero-order chi connectivity index (χ0) is 18.0. The van der Waals surface area contributed by atoms with E-state index in [4.69, 9.17) is 9.05 Å². The van der Waals surface area contributed by atoms with E-state index in [0.29, 0.717) is 6.61 Å². The minimum Gasteiger partial charge on any atom is -0.427 e. The standard InChI is InChI=1S/C20H35O3P/c1-6-7-8-9-10-11-12-15-22-24(21)23-19-14-13-17(2)16-18(19)20(3,4)5/h13-14,16,21H,6-12,15H2,1-5H3. The second kappa shape index (κ2) is 11.1. The molecule has 4 heteroatoms. The molecule has 0 spiro atoms. The lowest BCUT2D eigenvalue weighted by molar-refractivity contribution is 0.252. The van der Waals surface area contributed by atoms with Crippen LogP contribution in [0.2, 0.25) is 0 Å². The molecular weight excluding hydrogens is 319 g/mol. The van der Waals surface area contributed by atoms with Gasteiger partial charge in [-0.05, 0) is 24.8 Å². The minimum atomic E-state index is -1.86. The second-order valence-corrected chi connectivity index (χ2v) is 8.45. The molecule has 0 radical (unpaired) electrons. The third kappa shape index (κ3) is 8.46. The van der Waals surface area contributed by atoms with E-state index in [2.05, 4.69) is 40.7 Å². The first kappa shape index (κ1) is 21.4. The summed E-state index contributed by atoms with van der Waals surface area (Å²) in [5.74, 6) is 0.723. The molecule has 0 aromatic heterocycles. The van der Waals surface area contributed by atoms with E-state index in [9.17, 15) is 4.89 Å². The Morgan fingerprint density at radius 2 is 1.62 bits per heavy atom. The van der Waals surface area contributed by atoms with E-state index in [-0.39, 0.29) is 5.41 Å². The van der Waals surface area contributed by atoms with Crippen molar-refractivity contribution in [1.82, 2.24) is 0 Å². The average molecular weight is 354 g/mol. The topological polar surface area (TPSA) is 38.7 Å². The van der Waals surface area contributed by atoms with Gasteiger partial charge in [-0.25, -0.2) is 0 Å². The average Bonchev–Trinajstić information content (AvgIpc) is 2.50. The lowest BCUT2D eigenvalue weighted by atomic mass is 9.85. The van der Waals surface area contributed by atoms with Gasteiger partial charge in [0.05, 0.1) is 6.61 Å². The molecule has 0 aliphatic carbocycles. The number of hydrogen-bond donors (Lipinski definition) is 1. The van der Waals surface area contributed by atoms with Crippen LogP contribution in [0.5, 0.6) is 5.75 Å². The van der Waals surface area contributed by atoms with Crippen LogP contribution in [0.1, 0.15) is 83.8 Å². The summed E-state index contributed by atoms with van der Waals surface area (Å²) in [4.78, 5) is 10.1. The lowest BCUT2D eigenvalue weighted by Crippen LogP contribution is -2.13. The number of unbranched alkanes of at least 4 members (excludes halogenated alkanes) is 6. The minimum absolute atomic E-state index is 0.0317. The normalized spacial score (nSPS) is 13.1. The zero-order valence-corrected chi connectivity index (χ0v) is 17.0. The fourth-order valence-electron chi connectivity index (χ4n) is 2.62. The van der Waals surface area contributed by atoms with Crippen molar-refractivity contribution in [3.8, 4) is 5.75 Å². The molecule has 0 saturated carbocycles. The van der Waals surface area contributed by atoms with Crippen LogP contribution in [0.15, 0.2) is 18.2 Å². The molecule has 24 heavy (non-hydrogen) atoms. The largest absolute Gasteiger partial charge is 0.427 e. The molecule has 1 atom stereocenters. The Hall–Kier alpha value is -0.630. The van der Waals surface area contributed by atoms with E-state index in [1.54, 1.807) is 0 Å². The Labute approximate surface area is 149 Å². The van der Waals surface area contributed by atoms with Crippen LogP contribution in [-0.2, 0) is 9.94 Å². The summed E-state index contributed by atoms with van der Waals surface area (Å²) >= 11 is 0. The van der Waals surface area contributed by atoms with E-state index in [0.717, 1.165) is 24.2 Å². The maximum atomic E-state index is 10.1. The Morgan fingerprint density at radius 1 is 1.00 bits per heavy atom. The van der Waals surface area contributed by atoms with Crippen molar-refractivity contribution < 1.29 is 13.9 Å². The fourth-order valence-corrected chi connectivity index (χ4v) is 3.29. The Balaban J connectivity index is 2.34. The van der Waals surface area contributed by atoms with Crippen molar-refractivity contribution in [2.45, 2.75) is 85.0 Å². The SMILES string of the molecule is CCCCCCCCCOP(O)Oc1ccc(C)cc1C(C)(C)C. The number of rotatable bonds is 11. The van der Waals surface area contributed by atoms with Gasteiger partial charge in [0, 0.05) is 5.56 Å². The van der Waals surface area contributed by atoms with E-state index >= 15 is 0 Å². The molecule has 1 rings (SSSR count). The Bertz CT molecular complexity index is 468. The van der Waals surface area contributed by atoms with Gasteiger partial charge in [-0.2, -0.15) is 0 Å². The Morgan fingerprint density at radius 3 is 2.25 bits per heavy atom. The summed E-state index contributed by atoms with van der Waals surface area (Å²) < 4.78 is 11.2. The first-order chi connectivity index (χ1) is 11.3. The predicted molar refractivity (Wildman–Crippen MR) is 104 cm³/mol. The van der Waals surface area contributed by atoms with Crippen molar-refractivity contribution in [2.24, 2.45) is 0 Å². The summed E-state index contributed by atoms with van der Waals surface area (Å²) in [7, 11) is -1.86. The lowest BCUT2D eigenvalue weighted by Gasteiger charge is -2.24. The third-order valence-corrected chi connectivity index (χ3v) is 4.83. The molecule has 1 aromatic carbocycles. The Kier molecular flexibility index (Phi) is 9.88. The van der Waals surface area contributed by atoms with Crippen LogP contribution in [0, 0.1) is 6.92 Å². The summed E-state index contributed by atoms with van der Waals surface area (Å²) in [6, 6.07) is 6.05. The van der Waals surface area contributed by atoms with Crippen LogP contribution >= 0.6 is 8.60 Å². The van der Waals surface area contributed by atoms with E-state index in [1.807, 2.05) is 12.1 Å². The summed E-state index contributed by atoms with van der Waals surface area (Å²) in [5, 5.41) is 0. The maximum Gasteiger partial charge on any atom is 0.394 e. The number of aryl methyl sites for hydroxylation is 1. The third-order valence-electron chi connectivity index (χ3n) is 4.07. The maximum absolute atomic E-state index is 10.1. The highest BCUT2D eigenvalue weighted by Gasteiger charge is 2.21. The quantitative estimate of drug-likeness (QED) is 0.357. The van der Waals surface area contributed by atoms with Gasteiger partial charge in [0.15, 0.2) is 0 Å². The van der Waals surface area contributed by atoms with Crippen LogP contribution in [0.3, 0.4) is 0 Å². The molecule has 1 N–H and O–H groups in total. The van der Waals surface area contributed by atoms with Gasteiger partial charge in [-0.3, -0.25) is 0 Å². The van der Waals surface area contributed by atoms with Crippen molar-refractivity contribution >= 4 is 8.60 Å². The molecule has 0 bridgehead atoms. The summed E-state index contributed by atoms with van der Waals surface area (Å²) in [6.45, 7) is 11.3. The highest BCUT2D eigenvalue weighted by atomic mass is 31.2. The van der Waals surface area contributed by atoms with E-state index in [1.165, 1.54) is 37.7 Å². The first-order valence-electron chi connectivity index (χ1n) is 9.25. The van der Waals surface area contributed by atoms with Crippen LogP contribution in [0.4, 0.5) is 0 Å². The van der Waals surface area contributed by atoms with Crippen LogP contribution in [-0.4, -0.2) is 11.5 Å². The molecule has 0 saturated heterocycles. The van der Waals surface area contributed by atoms with Gasteiger partial charge in [0.2, 0.25) is 0 Å². The molecule has 0 amide bonds. The van der Waals surface area contributed by atoms with Crippen molar-refractivity contribution in [3.05, 3.63) is 29.3 Å². The molecule has 0 heterocycles. The molecule has 0 aliphatic heterocycles. The molecule has 1 aromatic rings. The van der Waals surface area contributed by atoms with Crippen LogP contribution in [0.25, 0.3) is 0 Å². The monoisotopic (exact) mass is 354 g/mol. The van der Waals surface area contributed by atoms with Crippen molar-refractivity contribution in [3.63, 3.8) is 0 Å². The van der Waals surface area contributed by atoms with Gasteiger partial charge in [-0.15, -0.1) is 0 Å². The molecule has 3 nitrogen and oxygen atoms in total. The first-order valence-corrected chi connectivity index (χ1v) is 10.4. The van der Waals surface area contributed by atoms with Gasteiger partial charge in [0.25, 0.3) is 0 Å².